The van der Waals surface area contributed by atoms with Crippen molar-refractivity contribution < 1.29 is 0 Å². The van der Waals surface area contributed by atoms with Crippen molar-refractivity contribution in [2.45, 2.75) is 23.5 Å². The molecular formula is C10H14ClNS. The minimum absolute atomic E-state index is 0.472. The molecule has 0 aliphatic rings. The summed E-state index contributed by atoms with van der Waals surface area (Å²) in [6, 6.07) is 7.88. The maximum Gasteiger partial charge on any atom is 0.0541 e. The van der Waals surface area contributed by atoms with E-state index in [0.29, 0.717) is 11.8 Å². The van der Waals surface area contributed by atoms with E-state index in [1.165, 1.54) is 0 Å². The van der Waals surface area contributed by atoms with Gasteiger partial charge >= 0.3 is 0 Å². The van der Waals surface area contributed by atoms with Crippen LogP contribution in [0, 0.1) is 0 Å². The lowest BCUT2D eigenvalue weighted by Crippen LogP contribution is -2.15. The summed E-state index contributed by atoms with van der Waals surface area (Å²) in [5.74, 6) is 0. The van der Waals surface area contributed by atoms with Crippen LogP contribution < -0.4 is 5.73 Å². The molecule has 0 heterocycles. The van der Waals surface area contributed by atoms with E-state index in [0.717, 1.165) is 16.3 Å². The van der Waals surface area contributed by atoms with E-state index in [-0.39, 0.29) is 0 Å². The number of hydrogen-bond donors (Lipinski definition) is 1. The zero-order valence-electron chi connectivity index (χ0n) is 7.66. The molecule has 1 aromatic carbocycles. The van der Waals surface area contributed by atoms with Crippen LogP contribution in [0.2, 0.25) is 5.02 Å². The average molecular weight is 216 g/mol. The largest absolute Gasteiger partial charge is 0.329 e. The third kappa shape index (κ3) is 3.22. The predicted octanol–water partition coefficient (Wildman–Crippen LogP) is 3.17. The Labute approximate surface area is 88.7 Å². The zero-order valence-corrected chi connectivity index (χ0v) is 9.24. The summed E-state index contributed by atoms with van der Waals surface area (Å²) >= 11 is 7.78. The average Bonchev–Trinajstić information content (AvgIpc) is 2.17. The first kappa shape index (κ1) is 10.9. The van der Waals surface area contributed by atoms with Gasteiger partial charge in [-0.3, -0.25) is 0 Å². The summed E-state index contributed by atoms with van der Waals surface area (Å²) in [6.45, 7) is 2.84. The van der Waals surface area contributed by atoms with Gasteiger partial charge < -0.3 is 5.73 Å². The number of nitrogens with two attached hydrogens (primary N) is 1. The van der Waals surface area contributed by atoms with Crippen molar-refractivity contribution >= 4 is 23.4 Å². The summed E-state index contributed by atoms with van der Waals surface area (Å²) < 4.78 is 0. The second kappa shape index (κ2) is 5.53. The summed E-state index contributed by atoms with van der Waals surface area (Å²) in [5, 5.41) is 1.29. The summed E-state index contributed by atoms with van der Waals surface area (Å²) in [5.41, 5.74) is 5.62. The maximum atomic E-state index is 6.02. The normalized spacial score (nSPS) is 12.8. The van der Waals surface area contributed by atoms with Crippen LogP contribution in [0.4, 0.5) is 0 Å². The Morgan fingerprint density at radius 2 is 2.15 bits per heavy atom. The second-order valence-electron chi connectivity index (χ2n) is 2.81. The Hall–Kier alpha value is -0.180. The van der Waals surface area contributed by atoms with Gasteiger partial charge in [0.05, 0.1) is 5.02 Å². The number of benzene rings is 1. The molecule has 2 N–H and O–H groups in total. The highest BCUT2D eigenvalue weighted by molar-refractivity contribution is 8.00. The third-order valence-electron chi connectivity index (χ3n) is 1.85. The molecule has 13 heavy (non-hydrogen) atoms. The van der Waals surface area contributed by atoms with E-state index >= 15 is 0 Å². The van der Waals surface area contributed by atoms with Gasteiger partial charge in [0, 0.05) is 16.7 Å². The smallest absolute Gasteiger partial charge is 0.0541 e. The van der Waals surface area contributed by atoms with Gasteiger partial charge in [-0.15, -0.1) is 11.8 Å². The van der Waals surface area contributed by atoms with Crippen molar-refractivity contribution in [2.24, 2.45) is 5.73 Å². The molecule has 1 aromatic rings. The van der Waals surface area contributed by atoms with Gasteiger partial charge in [0.15, 0.2) is 0 Å². The summed E-state index contributed by atoms with van der Waals surface area (Å²) in [6.07, 6.45) is 1.08. The van der Waals surface area contributed by atoms with Crippen LogP contribution >= 0.6 is 23.4 Å². The second-order valence-corrected chi connectivity index (χ2v) is 4.56. The van der Waals surface area contributed by atoms with Crippen LogP contribution in [-0.4, -0.2) is 11.8 Å². The fourth-order valence-corrected chi connectivity index (χ4v) is 2.25. The monoisotopic (exact) mass is 215 g/mol. The summed E-state index contributed by atoms with van der Waals surface area (Å²) in [7, 11) is 0. The van der Waals surface area contributed by atoms with E-state index in [4.69, 9.17) is 17.3 Å². The number of halogens is 1. The highest BCUT2D eigenvalue weighted by atomic mass is 35.5. The number of thioether (sulfide) groups is 1. The molecule has 0 saturated carbocycles. The molecule has 0 aliphatic heterocycles. The first-order chi connectivity index (χ1) is 6.27. The minimum Gasteiger partial charge on any atom is -0.329 e. The summed E-state index contributed by atoms with van der Waals surface area (Å²) in [4.78, 5) is 1.13. The molecule has 1 atom stereocenters. The van der Waals surface area contributed by atoms with E-state index in [9.17, 15) is 0 Å². The molecule has 0 saturated heterocycles. The van der Waals surface area contributed by atoms with Gasteiger partial charge in [-0.2, -0.15) is 0 Å². The molecule has 1 nitrogen and oxygen atoms in total. The van der Waals surface area contributed by atoms with Crippen molar-refractivity contribution in [1.29, 1.82) is 0 Å². The Morgan fingerprint density at radius 3 is 2.69 bits per heavy atom. The quantitative estimate of drug-likeness (QED) is 0.781. The van der Waals surface area contributed by atoms with Crippen molar-refractivity contribution in [3.8, 4) is 0 Å². The molecule has 1 unspecified atom stereocenters. The van der Waals surface area contributed by atoms with Crippen LogP contribution in [0.5, 0.6) is 0 Å². The number of rotatable bonds is 4. The highest BCUT2D eigenvalue weighted by Crippen LogP contribution is 2.30. The minimum atomic E-state index is 0.472. The number of hydrogen-bond acceptors (Lipinski definition) is 2. The maximum absolute atomic E-state index is 6.02. The zero-order chi connectivity index (χ0) is 9.68. The first-order valence-electron chi connectivity index (χ1n) is 4.39. The van der Waals surface area contributed by atoms with Crippen molar-refractivity contribution in [1.82, 2.24) is 0 Å². The van der Waals surface area contributed by atoms with Crippen LogP contribution in [-0.2, 0) is 0 Å². The van der Waals surface area contributed by atoms with Gasteiger partial charge in [-0.1, -0.05) is 30.7 Å². The standard InChI is InChI=1S/C10H14ClNS/c1-2-8(7-12)13-10-6-4-3-5-9(10)11/h3-6,8H,2,7,12H2,1H3. The van der Waals surface area contributed by atoms with Gasteiger partial charge in [-0.05, 0) is 18.6 Å². The van der Waals surface area contributed by atoms with Crippen LogP contribution in [0.15, 0.2) is 29.2 Å². The molecule has 0 bridgehead atoms. The van der Waals surface area contributed by atoms with Gasteiger partial charge in [-0.25, -0.2) is 0 Å². The van der Waals surface area contributed by atoms with E-state index in [1.807, 2.05) is 24.3 Å². The molecule has 72 valence electrons. The van der Waals surface area contributed by atoms with Crippen LogP contribution in [0.1, 0.15) is 13.3 Å². The fraction of sp³-hybridized carbons (Fsp3) is 0.400. The Kier molecular flexibility index (Phi) is 4.64. The van der Waals surface area contributed by atoms with Gasteiger partial charge in [0.25, 0.3) is 0 Å². The van der Waals surface area contributed by atoms with E-state index < -0.39 is 0 Å². The van der Waals surface area contributed by atoms with Crippen molar-refractivity contribution in [2.75, 3.05) is 6.54 Å². The third-order valence-corrected chi connectivity index (χ3v) is 3.76. The fourth-order valence-electron chi connectivity index (χ4n) is 1.02. The van der Waals surface area contributed by atoms with Crippen LogP contribution in [0.25, 0.3) is 0 Å². The van der Waals surface area contributed by atoms with Gasteiger partial charge in [0.2, 0.25) is 0 Å². The molecule has 0 aromatic heterocycles. The SMILES string of the molecule is CCC(CN)Sc1ccccc1Cl. The van der Waals surface area contributed by atoms with Crippen LogP contribution in [0.3, 0.4) is 0 Å². The highest BCUT2D eigenvalue weighted by Gasteiger charge is 2.07. The van der Waals surface area contributed by atoms with Crippen molar-refractivity contribution in [3.63, 3.8) is 0 Å². The van der Waals surface area contributed by atoms with E-state index in [2.05, 4.69) is 6.92 Å². The molecule has 0 amide bonds. The molecule has 3 heteroatoms. The topological polar surface area (TPSA) is 26.0 Å². The Morgan fingerprint density at radius 1 is 1.46 bits per heavy atom. The lowest BCUT2D eigenvalue weighted by Gasteiger charge is -2.12. The molecule has 1 rings (SSSR count). The Balaban J connectivity index is 2.67. The lowest BCUT2D eigenvalue weighted by molar-refractivity contribution is 0.827. The molecular weight excluding hydrogens is 202 g/mol. The Bertz CT molecular complexity index is 261. The molecule has 0 aliphatic carbocycles. The molecule has 0 fully saturated rings. The lowest BCUT2D eigenvalue weighted by atomic mass is 10.3. The molecule has 0 radical (unpaired) electrons. The van der Waals surface area contributed by atoms with Crippen molar-refractivity contribution in [3.05, 3.63) is 29.3 Å². The molecule has 0 spiro atoms. The first-order valence-corrected chi connectivity index (χ1v) is 5.65. The predicted molar refractivity (Wildman–Crippen MR) is 60.4 cm³/mol. The van der Waals surface area contributed by atoms with Gasteiger partial charge in [0.1, 0.15) is 0 Å². The van der Waals surface area contributed by atoms with E-state index in [1.54, 1.807) is 11.8 Å².